The van der Waals surface area contributed by atoms with Crippen LogP contribution in [0.2, 0.25) is 0 Å². The molecule has 0 aliphatic rings. The van der Waals surface area contributed by atoms with Crippen molar-refractivity contribution in [3.63, 3.8) is 0 Å². The van der Waals surface area contributed by atoms with Crippen LogP contribution in [0.4, 0.5) is 0 Å². The molecule has 4 nitrogen and oxygen atoms in total. The van der Waals surface area contributed by atoms with Gasteiger partial charge in [0.15, 0.2) is 0 Å². The summed E-state index contributed by atoms with van der Waals surface area (Å²) in [6.45, 7) is 6.99. The van der Waals surface area contributed by atoms with E-state index in [0.717, 1.165) is 0 Å². The molecule has 124 valence electrons. The average molecular weight is 308 g/mol. The van der Waals surface area contributed by atoms with E-state index in [9.17, 15) is 19.2 Å². The van der Waals surface area contributed by atoms with Gasteiger partial charge in [0, 0.05) is 25.7 Å². The quantitative estimate of drug-likeness (QED) is 0.409. The Kier molecular flexibility index (Phi) is 10.3. The summed E-state index contributed by atoms with van der Waals surface area (Å²) >= 11 is 0. The molecule has 0 rings (SSSR count). The Hall–Kier alpha value is -1.58. The number of hydrogen-bond donors (Lipinski definition) is 0. The molecule has 0 bridgehead atoms. The summed E-state index contributed by atoms with van der Waals surface area (Å²) in [5, 5.41) is 0. The molecule has 0 radical (unpaired) electrons. The summed E-state index contributed by atoms with van der Waals surface area (Å²) in [4.78, 5) is 47.1. The number of carbonyl (C=O) groups excluding carboxylic acids is 4. The van der Waals surface area contributed by atoms with E-state index in [1.165, 1.54) is 0 Å². The van der Waals surface area contributed by atoms with E-state index >= 15 is 0 Å². The molecule has 0 unspecified atom stereocenters. The van der Waals surface area contributed by atoms with Gasteiger partial charge in [-0.25, -0.2) is 0 Å². The number of Topliss-reactive ketones (excluding diaryl/α,β-unsaturated/α-hetero) is 4. The maximum atomic E-state index is 11.8. The molecule has 0 atom stereocenters. The van der Waals surface area contributed by atoms with Crippen LogP contribution in [0.15, 0.2) is 12.2 Å². The molecule has 0 aliphatic heterocycles. The standard InChI is InChI=1S/C18H28O4/c1-5-15(19)13(16(20)6-2)11-9-10-12-14(17(21)7-3)18(22)8-4/h9-10,13-14H,5-8,11-12H2,1-4H3. The fraction of sp³-hybridized carbons (Fsp3) is 0.667. The minimum Gasteiger partial charge on any atom is -0.299 e. The molecular weight excluding hydrogens is 280 g/mol. The molecule has 0 saturated heterocycles. The van der Waals surface area contributed by atoms with Crippen molar-refractivity contribution in [1.29, 1.82) is 0 Å². The van der Waals surface area contributed by atoms with Gasteiger partial charge in [0.05, 0.1) is 11.8 Å². The number of hydrogen-bond acceptors (Lipinski definition) is 4. The largest absolute Gasteiger partial charge is 0.299 e. The van der Waals surface area contributed by atoms with Crippen molar-refractivity contribution in [2.45, 2.75) is 66.2 Å². The Balaban J connectivity index is 4.74. The summed E-state index contributed by atoms with van der Waals surface area (Å²) in [6.07, 6.45) is 5.59. The second-order valence-corrected chi connectivity index (χ2v) is 5.33. The maximum absolute atomic E-state index is 11.8. The Morgan fingerprint density at radius 2 is 0.818 bits per heavy atom. The molecule has 0 N–H and O–H groups in total. The van der Waals surface area contributed by atoms with Gasteiger partial charge in [0.1, 0.15) is 23.1 Å². The zero-order valence-corrected chi connectivity index (χ0v) is 14.2. The lowest BCUT2D eigenvalue weighted by Gasteiger charge is -2.12. The topological polar surface area (TPSA) is 68.3 Å². The van der Waals surface area contributed by atoms with Crippen molar-refractivity contribution in [3.05, 3.63) is 12.2 Å². The van der Waals surface area contributed by atoms with Crippen LogP contribution in [-0.4, -0.2) is 23.1 Å². The fourth-order valence-electron chi connectivity index (χ4n) is 2.34. The SMILES string of the molecule is CCC(=O)C(CC=CCC(C(=O)CC)C(=O)CC)C(=O)CC. The summed E-state index contributed by atoms with van der Waals surface area (Å²) in [5.74, 6) is -1.39. The second kappa shape index (κ2) is 11.0. The zero-order valence-electron chi connectivity index (χ0n) is 14.2. The van der Waals surface area contributed by atoms with Gasteiger partial charge in [-0.15, -0.1) is 0 Å². The summed E-state index contributed by atoms with van der Waals surface area (Å²) in [7, 11) is 0. The van der Waals surface area contributed by atoms with Crippen molar-refractivity contribution in [2.24, 2.45) is 11.8 Å². The molecule has 0 spiro atoms. The maximum Gasteiger partial charge on any atom is 0.143 e. The van der Waals surface area contributed by atoms with Crippen LogP contribution in [0, 0.1) is 11.8 Å². The first-order valence-electron chi connectivity index (χ1n) is 8.18. The second-order valence-electron chi connectivity index (χ2n) is 5.33. The number of rotatable bonds is 12. The molecule has 0 aliphatic carbocycles. The van der Waals surface area contributed by atoms with Crippen molar-refractivity contribution in [2.75, 3.05) is 0 Å². The van der Waals surface area contributed by atoms with Crippen LogP contribution in [0.3, 0.4) is 0 Å². The van der Waals surface area contributed by atoms with Gasteiger partial charge in [-0.1, -0.05) is 39.8 Å². The van der Waals surface area contributed by atoms with Crippen LogP contribution in [-0.2, 0) is 19.2 Å². The molecule has 4 heteroatoms. The summed E-state index contributed by atoms with van der Waals surface area (Å²) in [6, 6.07) is 0. The molecule has 0 aromatic carbocycles. The lowest BCUT2D eigenvalue weighted by atomic mass is 9.90. The van der Waals surface area contributed by atoms with Crippen molar-refractivity contribution in [1.82, 2.24) is 0 Å². The number of allylic oxidation sites excluding steroid dienone is 2. The predicted molar refractivity (Wildman–Crippen MR) is 86.5 cm³/mol. The van der Waals surface area contributed by atoms with E-state index in [2.05, 4.69) is 0 Å². The molecule has 0 saturated carbocycles. The predicted octanol–water partition coefficient (Wildman–Crippen LogP) is 3.47. The van der Waals surface area contributed by atoms with Crippen LogP contribution < -0.4 is 0 Å². The summed E-state index contributed by atoms with van der Waals surface area (Å²) < 4.78 is 0. The number of carbonyl (C=O) groups is 4. The Morgan fingerprint density at radius 1 is 0.591 bits per heavy atom. The van der Waals surface area contributed by atoms with Crippen LogP contribution in [0.5, 0.6) is 0 Å². The Labute approximate surface area is 133 Å². The van der Waals surface area contributed by atoms with Crippen molar-refractivity contribution in [3.8, 4) is 0 Å². The normalized spacial score (nSPS) is 11.4. The zero-order chi connectivity index (χ0) is 17.1. The van der Waals surface area contributed by atoms with E-state index in [0.29, 0.717) is 38.5 Å². The van der Waals surface area contributed by atoms with Crippen molar-refractivity contribution >= 4 is 23.1 Å². The van der Waals surface area contributed by atoms with Gasteiger partial charge in [-0.05, 0) is 12.8 Å². The lowest BCUT2D eigenvalue weighted by molar-refractivity contribution is -0.134. The van der Waals surface area contributed by atoms with Gasteiger partial charge in [-0.2, -0.15) is 0 Å². The minimum atomic E-state index is -0.589. The monoisotopic (exact) mass is 308 g/mol. The fourth-order valence-corrected chi connectivity index (χ4v) is 2.34. The van der Waals surface area contributed by atoms with E-state index in [4.69, 9.17) is 0 Å². The number of ketones is 4. The molecule has 22 heavy (non-hydrogen) atoms. The van der Waals surface area contributed by atoms with E-state index in [1.807, 2.05) is 0 Å². The molecule has 0 aromatic heterocycles. The Morgan fingerprint density at radius 3 is 1.00 bits per heavy atom. The highest BCUT2D eigenvalue weighted by molar-refractivity contribution is 6.03. The lowest BCUT2D eigenvalue weighted by Crippen LogP contribution is -2.23. The van der Waals surface area contributed by atoms with Crippen molar-refractivity contribution < 1.29 is 19.2 Å². The molecule has 0 heterocycles. The van der Waals surface area contributed by atoms with Gasteiger partial charge in [-0.3, -0.25) is 19.2 Å². The molecule has 0 amide bonds. The van der Waals surface area contributed by atoms with Crippen LogP contribution in [0.25, 0.3) is 0 Å². The average Bonchev–Trinajstić information content (AvgIpc) is 2.55. The highest BCUT2D eigenvalue weighted by Gasteiger charge is 2.23. The first kappa shape index (κ1) is 20.4. The minimum absolute atomic E-state index is 0.0534. The first-order chi connectivity index (χ1) is 10.4. The van der Waals surface area contributed by atoms with Gasteiger partial charge < -0.3 is 0 Å². The highest BCUT2D eigenvalue weighted by atomic mass is 16.2. The van der Waals surface area contributed by atoms with Crippen LogP contribution in [0.1, 0.15) is 66.2 Å². The molecule has 0 aromatic rings. The third-order valence-electron chi connectivity index (χ3n) is 3.86. The molecule has 0 fully saturated rings. The van der Waals surface area contributed by atoms with Gasteiger partial charge in [0.2, 0.25) is 0 Å². The van der Waals surface area contributed by atoms with E-state index in [-0.39, 0.29) is 23.1 Å². The van der Waals surface area contributed by atoms with Gasteiger partial charge >= 0.3 is 0 Å². The van der Waals surface area contributed by atoms with Gasteiger partial charge in [0.25, 0.3) is 0 Å². The van der Waals surface area contributed by atoms with Crippen LogP contribution >= 0.6 is 0 Å². The molecular formula is C18H28O4. The smallest absolute Gasteiger partial charge is 0.143 e. The van der Waals surface area contributed by atoms with E-state index < -0.39 is 11.8 Å². The summed E-state index contributed by atoms with van der Waals surface area (Å²) in [5.41, 5.74) is 0. The van der Waals surface area contributed by atoms with E-state index in [1.54, 1.807) is 39.8 Å². The highest BCUT2D eigenvalue weighted by Crippen LogP contribution is 2.15. The third kappa shape index (κ3) is 6.46. The Bertz CT molecular complexity index is 362. The first-order valence-corrected chi connectivity index (χ1v) is 8.18. The third-order valence-corrected chi connectivity index (χ3v) is 3.86.